The Hall–Kier alpha value is -1.39. The van der Waals surface area contributed by atoms with Crippen molar-refractivity contribution in [2.75, 3.05) is 0 Å². The molecule has 0 spiro atoms. The van der Waals surface area contributed by atoms with E-state index in [1.54, 1.807) is 23.5 Å². The second-order valence-corrected chi connectivity index (χ2v) is 4.40. The van der Waals surface area contributed by atoms with Gasteiger partial charge in [-0.05, 0) is 24.6 Å². The second-order valence-electron chi connectivity index (χ2n) is 3.69. The highest BCUT2D eigenvalue weighted by Gasteiger charge is 2.06. The van der Waals surface area contributed by atoms with Gasteiger partial charge in [-0.25, -0.2) is 4.98 Å². The Morgan fingerprint density at radius 3 is 3.06 bits per heavy atom. The molecule has 2 rings (SSSR count). The fourth-order valence-corrected chi connectivity index (χ4v) is 2.13. The van der Waals surface area contributed by atoms with Crippen LogP contribution < -0.4 is 5.32 Å². The van der Waals surface area contributed by atoms with Crippen molar-refractivity contribution < 1.29 is 5.11 Å². The first-order valence-electron chi connectivity index (χ1n) is 5.15. The molecular weight excluding hydrogens is 220 g/mol. The van der Waals surface area contributed by atoms with Gasteiger partial charge in [0.1, 0.15) is 5.75 Å². The standard InChI is InChI=1S/C12H14N2OS/c1-9(12-7-16-8-14-12)13-6-10-3-2-4-11(15)5-10/h2-5,7-9,13,15H,6H2,1H3. The molecule has 1 aromatic heterocycles. The van der Waals surface area contributed by atoms with E-state index in [9.17, 15) is 5.11 Å². The van der Waals surface area contributed by atoms with E-state index in [2.05, 4.69) is 17.2 Å². The van der Waals surface area contributed by atoms with Gasteiger partial charge in [0.15, 0.2) is 0 Å². The highest BCUT2D eigenvalue weighted by atomic mass is 32.1. The summed E-state index contributed by atoms with van der Waals surface area (Å²) >= 11 is 1.60. The Morgan fingerprint density at radius 1 is 1.50 bits per heavy atom. The Bertz CT molecular complexity index is 442. The summed E-state index contributed by atoms with van der Waals surface area (Å²) in [5.74, 6) is 0.306. The molecule has 2 aromatic rings. The van der Waals surface area contributed by atoms with Crippen LogP contribution in [0.15, 0.2) is 35.2 Å². The Labute approximate surface area is 98.8 Å². The van der Waals surface area contributed by atoms with Crippen LogP contribution >= 0.6 is 11.3 Å². The van der Waals surface area contributed by atoms with Crippen LogP contribution in [0.25, 0.3) is 0 Å². The molecule has 0 amide bonds. The zero-order chi connectivity index (χ0) is 11.4. The van der Waals surface area contributed by atoms with E-state index in [-0.39, 0.29) is 6.04 Å². The van der Waals surface area contributed by atoms with Gasteiger partial charge in [-0.2, -0.15) is 0 Å². The van der Waals surface area contributed by atoms with Gasteiger partial charge >= 0.3 is 0 Å². The average molecular weight is 234 g/mol. The number of phenolic OH excluding ortho intramolecular Hbond substituents is 1. The molecule has 4 heteroatoms. The van der Waals surface area contributed by atoms with Gasteiger partial charge in [0.05, 0.1) is 11.2 Å². The number of nitrogens with one attached hydrogen (secondary N) is 1. The molecule has 0 aliphatic carbocycles. The minimum atomic E-state index is 0.230. The Balaban J connectivity index is 1.92. The molecular formula is C12H14N2OS. The smallest absolute Gasteiger partial charge is 0.115 e. The average Bonchev–Trinajstić information content (AvgIpc) is 2.79. The quantitative estimate of drug-likeness (QED) is 0.855. The summed E-state index contributed by atoms with van der Waals surface area (Å²) in [5.41, 5.74) is 3.97. The zero-order valence-electron chi connectivity index (χ0n) is 9.05. The maximum Gasteiger partial charge on any atom is 0.115 e. The van der Waals surface area contributed by atoms with Crippen LogP contribution in [0, 0.1) is 0 Å². The molecule has 0 aliphatic rings. The zero-order valence-corrected chi connectivity index (χ0v) is 9.87. The predicted octanol–water partition coefficient (Wildman–Crippen LogP) is 2.70. The number of aromatic nitrogens is 1. The van der Waals surface area contributed by atoms with Crippen molar-refractivity contribution in [2.45, 2.75) is 19.5 Å². The lowest BCUT2D eigenvalue weighted by Crippen LogP contribution is -2.18. The van der Waals surface area contributed by atoms with Crippen LogP contribution in [0.2, 0.25) is 0 Å². The number of nitrogens with zero attached hydrogens (tertiary/aromatic N) is 1. The summed E-state index contributed by atoms with van der Waals surface area (Å²) in [6.07, 6.45) is 0. The highest BCUT2D eigenvalue weighted by molar-refractivity contribution is 7.07. The summed E-state index contributed by atoms with van der Waals surface area (Å²) < 4.78 is 0. The summed E-state index contributed by atoms with van der Waals surface area (Å²) in [6, 6.07) is 7.50. The molecule has 0 fully saturated rings. The lowest BCUT2D eigenvalue weighted by atomic mass is 10.2. The Morgan fingerprint density at radius 2 is 2.38 bits per heavy atom. The van der Waals surface area contributed by atoms with Crippen LogP contribution in [0.5, 0.6) is 5.75 Å². The molecule has 16 heavy (non-hydrogen) atoms. The molecule has 0 radical (unpaired) electrons. The van der Waals surface area contributed by atoms with E-state index in [1.165, 1.54) is 0 Å². The molecule has 84 valence electrons. The van der Waals surface area contributed by atoms with Gasteiger partial charge in [0.25, 0.3) is 0 Å². The van der Waals surface area contributed by atoms with Gasteiger partial charge in [0, 0.05) is 18.0 Å². The molecule has 3 nitrogen and oxygen atoms in total. The number of thiazole rings is 1. The third-order valence-electron chi connectivity index (χ3n) is 2.42. The van der Waals surface area contributed by atoms with Crippen LogP contribution in [0.3, 0.4) is 0 Å². The first kappa shape index (κ1) is 11.1. The summed E-state index contributed by atoms with van der Waals surface area (Å²) in [4.78, 5) is 4.25. The minimum absolute atomic E-state index is 0.230. The highest BCUT2D eigenvalue weighted by Crippen LogP contribution is 2.14. The normalized spacial score (nSPS) is 12.6. The molecule has 1 unspecified atom stereocenters. The topological polar surface area (TPSA) is 45.1 Å². The maximum atomic E-state index is 9.32. The van der Waals surface area contributed by atoms with Crippen molar-refractivity contribution in [1.29, 1.82) is 0 Å². The fourth-order valence-electron chi connectivity index (χ4n) is 1.48. The molecule has 0 aliphatic heterocycles. The van der Waals surface area contributed by atoms with Crippen LogP contribution in [0.1, 0.15) is 24.2 Å². The van der Waals surface area contributed by atoms with Gasteiger partial charge in [-0.3, -0.25) is 0 Å². The SMILES string of the molecule is CC(NCc1cccc(O)c1)c1cscn1. The van der Waals surface area contributed by atoms with E-state index in [4.69, 9.17) is 0 Å². The third-order valence-corrected chi connectivity index (χ3v) is 3.02. The summed E-state index contributed by atoms with van der Waals surface area (Å²) in [6.45, 7) is 2.81. The van der Waals surface area contributed by atoms with Crippen molar-refractivity contribution in [2.24, 2.45) is 0 Å². The maximum absolute atomic E-state index is 9.32. The molecule has 2 N–H and O–H groups in total. The number of rotatable bonds is 4. The molecule has 1 atom stereocenters. The van der Waals surface area contributed by atoms with Crippen molar-refractivity contribution in [3.05, 3.63) is 46.4 Å². The second kappa shape index (κ2) is 5.09. The van der Waals surface area contributed by atoms with E-state index >= 15 is 0 Å². The van der Waals surface area contributed by atoms with Crippen LogP contribution in [-0.2, 0) is 6.54 Å². The van der Waals surface area contributed by atoms with Gasteiger partial charge in [0.2, 0.25) is 0 Å². The summed E-state index contributed by atoms with van der Waals surface area (Å²) in [7, 11) is 0. The predicted molar refractivity (Wildman–Crippen MR) is 65.5 cm³/mol. The number of hydrogen-bond acceptors (Lipinski definition) is 4. The van der Waals surface area contributed by atoms with Crippen molar-refractivity contribution in [3.63, 3.8) is 0 Å². The van der Waals surface area contributed by atoms with E-state index in [1.807, 2.05) is 23.0 Å². The molecule has 0 bridgehead atoms. The molecule has 0 saturated carbocycles. The first-order chi connectivity index (χ1) is 7.75. The van der Waals surface area contributed by atoms with Crippen LogP contribution in [-0.4, -0.2) is 10.1 Å². The lowest BCUT2D eigenvalue weighted by Gasteiger charge is -2.11. The number of aromatic hydroxyl groups is 1. The molecule has 0 saturated heterocycles. The molecule has 1 aromatic carbocycles. The third kappa shape index (κ3) is 2.81. The number of phenols is 1. The van der Waals surface area contributed by atoms with E-state index in [0.717, 1.165) is 17.8 Å². The van der Waals surface area contributed by atoms with Gasteiger partial charge in [-0.1, -0.05) is 12.1 Å². The van der Waals surface area contributed by atoms with Crippen LogP contribution in [0.4, 0.5) is 0 Å². The monoisotopic (exact) mass is 234 g/mol. The largest absolute Gasteiger partial charge is 0.508 e. The fraction of sp³-hybridized carbons (Fsp3) is 0.250. The number of hydrogen-bond donors (Lipinski definition) is 2. The Kier molecular flexibility index (Phi) is 3.54. The number of benzene rings is 1. The first-order valence-corrected chi connectivity index (χ1v) is 6.09. The summed E-state index contributed by atoms with van der Waals surface area (Å²) in [5, 5.41) is 14.7. The molecule has 1 heterocycles. The van der Waals surface area contributed by atoms with E-state index < -0.39 is 0 Å². The minimum Gasteiger partial charge on any atom is -0.508 e. The lowest BCUT2D eigenvalue weighted by molar-refractivity contribution is 0.473. The van der Waals surface area contributed by atoms with Crippen molar-refractivity contribution in [1.82, 2.24) is 10.3 Å². The van der Waals surface area contributed by atoms with Crippen molar-refractivity contribution >= 4 is 11.3 Å². The van der Waals surface area contributed by atoms with Crippen molar-refractivity contribution in [3.8, 4) is 5.75 Å². The van der Waals surface area contributed by atoms with Gasteiger partial charge < -0.3 is 10.4 Å². The van der Waals surface area contributed by atoms with Gasteiger partial charge in [-0.15, -0.1) is 11.3 Å². The van der Waals surface area contributed by atoms with E-state index in [0.29, 0.717) is 5.75 Å².